The normalized spacial score (nSPS) is 10.3. The van der Waals surface area contributed by atoms with E-state index in [0.29, 0.717) is 12.3 Å². The van der Waals surface area contributed by atoms with Crippen LogP contribution in [0.3, 0.4) is 0 Å². The monoisotopic (exact) mass is 316 g/mol. The summed E-state index contributed by atoms with van der Waals surface area (Å²) in [5.74, 6) is 2.20. The first-order valence-electron chi connectivity index (χ1n) is 7.01. The molecule has 1 amide bonds. The number of anilines is 1. The van der Waals surface area contributed by atoms with Crippen molar-refractivity contribution >= 4 is 23.5 Å². The molecule has 0 bridgehead atoms. The van der Waals surface area contributed by atoms with Crippen LogP contribution in [0.5, 0.6) is 0 Å². The molecular formula is C16H20N4OS. The van der Waals surface area contributed by atoms with Crippen LogP contribution in [0.15, 0.2) is 42.9 Å². The van der Waals surface area contributed by atoms with E-state index in [1.807, 2.05) is 43.3 Å². The number of rotatable bonds is 7. The molecule has 0 fully saturated rings. The molecule has 0 atom stereocenters. The van der Waals surface area contributed by atoms with Crippen LogP contribution >= 0.6 is 11.8 Å². The maximum absolute atomic E-state index is 11.9. The molecule has 0 aliphatic carbocycles. The number of hydrogen-bond acceptors (Lipinski definition) is 5. The van der Waals surface area contributed by atoms with E-state index >= 15 is 0 Å². The van der Waals surface area contributed by atoms with Crippen molar-refractivity contribution in [2.24, 2.45) is 0 Å². The van der Waals surface area contributed by atoms with Crippen LogP contribution in [0, 0.1) is 0 Å². The van der Waals surface area contributed by atoms with Crippen molar-refractivity contribution in [3.05, 3.63) is 54.0 Å². The largest absolute Gasteiger partial charge is 0.363 e. The Morgan fingerprint density at radius 2 is 1.91 bits per heavy atom. The van der Waals surface area contributed by atoms with Gasteiger partial charge in [0.1, 0.15) is 5.82 Å². The smallest absolute Gasteiger partial charge is 0.230 e. The molecule has 0 aliphatic heterocycles. The molecule has 0 spiro atoms. The zero-order chi connectivity index (χ0) is 15.8. The minimum atomic E-state index is 0.0438. The standard InChI is InChI=1S/C16H20N4OS/c1-20(2)15-9-14(5-8-18-15)10-19-16(21)12-22-11-13-3-6-17-7-4-13/h3-9H,10-12H2,1-2H3,(H,19,21). The van der Waals surface area contributed by atoms with E-state index in [2.05, 4.69) is 15.3 Å². The lowest BCUT2D eigenvalue weighted by atomic mass is 10.2. The molecule has 2 rings (SSSR count). The van der Waals surface area contributed by atoms with Crippen molar-refractivity contribution in [3.8, 4) is 0 Å². The van der Waals surface area contributed by atoms with Gasteiger partial charge in [0.25, 0.3) is 0 Å². The number of amides is 1. The summed E-state index contributed by atoms with van der Waals surface area (Å²) < 4.78 is 0. The Kier molecular flexibility index (Phi) is 6.21. The molecule has 22 heavy (non-hydrogen) atoms. The molecule has 5 nitrogen and oxygen atoms in total. The van der Waals surface area contributed by atoms with Gasteiger partial charge in [0, 0.05) is 45.0 Å². The number of nitrogens with one attached hydrogen (secondary N) is 1. The first-order valence-corrected chi connectivity index (χ1v) is 8.16. The number of nitrogens with zero attached hydrogens (tertiary/aromatic N) is 3. The fraction of sp³-hybridized carbons (Fsp3) is 0.312. The van der Waals surface area contributed by atoms with Gasteiger partial charge in [-0.25, -0.2) is 4.98 Å². The first-order chi connectivity index (χ1) is 10.6. The molecule has 2 heterocycles. The van der Waals surface area contributed by atoms with Gasteiger partial charge in [-0.2, -0.15) is 0 Å². The zero-order valence-electron chi connectivity index (χ0n) is 12.8. The van der Waals surface area contributed by atoms with Gasteiger partial charge in [0.05, 0.1) is 5.75 Å². The zero-order valence-corrected chi connectivity index (χ0v) is 13.6. The van der Waals surface area contributed by atoms with Gasteiger partial charge in [-0.15, -0.1) is 11.8 Å². The van der Waals surface area contributed by atoms with Crippen LogP contribution in [0.2, 0.25) is 0 Å². The Morgan fingerprint density at radius 1 is 1.18 bits per heavy atom. The highest BCUT2D eigenvalue weighted by Gasteiger charge is 2.04. The fourth-order valence-corrected chi connectivity index (χ4v) is 2.63. The van der Waals surface area contributed by atoms with Crippen LogP contribution in [0.25, 0.3) is 0 Å². The first kappa shape index (κ1) is 16.3. The summed E-state index contributed by atoms with van der Waals surface area (Å²) in [4.78, 5) is 22.0. The van der Waals surface area contributed by atoms with Crippen molar-refractivity contribution in [1.82, 2.24) is 15.3 Å². The predicted molar refractivity (Wildman–Crippen MR) is 90.8 cm³/mol. The number of thioether (sulfide) groups is 1. The summed E-state index contributed by atoms with van der Waals surface area (Å²) in [6.07, 6.45) is 5.29. The Morgan fingerprint density at radius 3 is 2.64 bits per heavy atom. The van der Waals surface area contributed by atoms with Crippen molar-refractivity contribution < 1.29 is 4.79 Å². The van der Waals surface area contributed by atoms with Crippen LogP contribution in [0.4, 0.5) is 5.82 Å². The molecular weight excluding hydrogens is 296 g/mol. The van der Waals surface area contributed by atoms with E-state index in [-0.39, 0.29) is 5.91 Å². The molecule has 2 aromatic rings. The molecule has 0 unspecified atom stereocenters. The van der Waals surface area contributed by atoms with Crippen LogP contribution < -0.4 is 10.2 Å². The van der Waals surface area contributed by atoms with Crippen LogP contribution in [-0.2, 0) is 17.1 Å². The van der Waals surface area contributed by atoms with Crippen LogP contribution in [-0.4, -0.2) is 35.7 Å². The number of carbonyl (C=O) groups is 1. The lowest BCUT2D eigenvalue weighted by Crippen LogP contribution is -2.24. The maximum atomic E-state index is 11.9. The lowest BCUT2D eigenvalue weighted by Gasteiger charge is -2.12. The molecule has 1 N–H and O–H groups in total. The Balaban J connectivity index is 1.72. The molecule has 116 valence electrons. The Bertz CT molecular complexity index is 604. The van der Waals surface area contributed by atoms with E-state index in [1.165, 1.54) is 5.56 Å². The summed E-state index contributed by atoms with van der Waals surface area (Å²) in [6, 6.07) is 7.82. The molecule has 2 aromatic heterocycles. The molecule has 0 saturated heterocycles. The number of aromatic nitrogens is 2. The highest BCUT2D eigenvalue weighted by Crippen LogP contribution is 2.11. The van der Waals surface area contributed by atoms with Gasteiger partial charge in [-0.05, 0) is 35.4 Å². The topological polar surface area (TPSA) is 58.1 Å². The summed E-state index contributed by atoms with van der Waals surface area (Å²) in [5, 5.41) is 2.93. The van der Waals surface area contributed by atoms with Crippen molar-refractivity contribution in [1.29, 1.82) is 0 Å². The maximum Gasteiger partial charge on any atom is 0.230 e. The fourth-order valence-electron chi connectivity index (χ4n) is 1.81. The van der Waals surface area contributed by atoms with E-state index < -0.39 is 0 Å². The van der Waals surface area contributed by atoms with Crippen molar-refractivity contribution in [2.45, 2.75) is 12.3 Å². The highest BCUT2D eigenvalue weighted by atomic mass is 32.2. The molecule has 0 aliphatic rings. The number of hydrogen-bond donors (Lipinski definition) is 1. The summed E-state index contributed by atoms with van der Waals surface area (Å²) in [5.41, 5.74) is 2.23. The molecule has 6 heteroatoms. The van der Waals surface area contributed by atoms with E-state index in [1.54, 1.807) is 30.4 Å². The van der Waals surface area contributed by atoms with Gasteiger partial charge in [0.2, 0.25) is 5.91 Å². The summed E-state index contributed by atoms with van der Waals surface area (Å²) in [6.45, 7) is 0.526. The third-order valence-electron chi connectivity index (χ3n) is 3.01. The van der Waals surface area contributed by atoms with Gasteiger partial charge < -0.3 is 10.2 Å². The van der Waals surface area contributed by atoms with E-state index in [4.69, 9.17) is 0 Å². The van der Waals surface area contributed by atoms with Crippen LogP contribution in [0.1, 0.15) is 11.1 Å². The van der Waals surface area contributed by atoms with Gasteiger partial charge >= 0.3 is 0 Å². The summed E-state index contributed by atoms with van der Waals surface area (Å²) >= 11 is 1.60. The average molecular weight is 316 g/mol. The van der Waals surface area contributed by atoms with E-state index in [9.17, 15) is 4.79 Å². The molecule has 0 saturated carbocycles. The van der Waals surface area contributed by atoms with E-state index in [0.717, 1.165) is 17.1 Å². The average Bonchev–Trinajstić information content (AvgIpc) is 2.54. The van der Waals surface area contributed by atoms with Gasteiger partial charge in [0.15, 0.2) is 0 Å². The third-order valence-corrected chi connectivity index (χ3v) is 4.01. The second-order valence-electron chi connectivity index (χ2n) is 5.04. The van der Waals surface area contributed by atoms with Crippen molar-refractivity contribution in [3.63, 3.8) is 0 Å². The molecule has 0 aromatic carbocycles. The lowest BCUT2D eigenvalue weighted by molar-refractivity contribution is -0.118. The SMILES string of the molecule is CN(C)c1cc(CNC(=O)CSCc2ccncc2)ccn1. The van der Waals surface area contributed by atoms with Gasteiger partial charge in [-0.1, -0.05) is 0 Å². The minimum absolute atomic E-state index is 0.0438. The summed E-state index contributed by atoms with van der Waals surface area (Å²) in [7, 11) is 3.89. The Hall–Kier alpha value is -2.08. The third kappa shape index (κ3) is 5.37. The quantitative estimate of drug-likeness (QED) is 0.847. The second-order valence-corrected chi connectivity index (χ2v) is 6.03. The predicted octanol–water partition coefficient (Wildman–Crippen LogP) is 2.09. The Labute approximate surface area is 135 Å². The minimum Gasteiger partial charge on any atom is -0.363 e. The van der Waals surface area contributed by atoms with Gasteiger partial charge in [-0.3, -0.25) is 9.78 Å². The number of pyridine rings is 2. The second kappa shape index (κ2) is 8.38. The number of carbonyl (C=O) groups excluding carboxylic acids is 1. The molecule has 0 radical (unpaired) electrons. The van der Waals surface area contributed by atoms with Crippen molar-refractivity contribution in [2.75, 3.05) is 24.7 Å². The highest BCUT2D eigenvalue weighted by molar-refractivity contribution is 7.99.